The maximum atomic E-state index is 8.71. The van der Waals surface area contributed by atoms with Crippen LogP contribution in [-0.2, 0) is 6.42 Å². The van der Waals surface area contributed by atoms with Gasteiger partial charge in [0.05, 0.1) is 10.6 Å². The molecule has 0 radical (unpaired) electrons. The van der Waals surface area contributed by atoms with Crippen LogP contribution in [0.25, 0.3) is 0 Å². The molecule has 0 aliphatic carbocycles. The van der Waals surface area contributed by atoms with Crippen molar-refractivity contribution >= 4 is 11.6 Å². The van der Waals surface area contributed by atoms with Crippen LogP contribution in [0.5, 0.6) is 0 Å². The summed E-state index contributed by atoms with van der Waals surface area (Å²) < 4.78 is 0. The molecule has 0 fully saturated rings. The van der Waals surface area contributed by atoms with Gasteiger partial charge in [-0.3, -0.25) is 4.98 Å². The van der Waals surface area contributed by atoms with Crippen molar-refractivity contribution < 1.29 is 0 Å². The van der Waals surface area contributed by atoms with E-state index in [0.29, 0.717) is 16.5 Å². The number of nitrogens with zero attached hydrogens (tertiary/aromatic N) is 2. The first-order chi connectivity index (χ1) is 6.13. The maximum Gasteiger partial charge on any atom is 0.101 e. The van der Waals surface area contributed by atoms with Crippen LogP contribution >= 0.6 is 11.6 Å². The van der Waals surface area contributed by atoms with Crippen molar-refractivity contribution in [3.05, 3.63) is 28.5 Å². The Morgan fingerprint density at radius 2 is 2.31 bits per heavy atom. The standard InChI is InChI=1S/C10H11ClN2/c1-7(2)3-9-4-8(5-12)10(11)6-13-9/h4,6-7H,3H2,1-2H3. The second-order valence-corrected chi connectivity index (χ2v) is 3.77. The minimum Gasteiger partial charge on any atom is -0.260 e. The largest absolute Gasteiger partial charge is 0.260 e. The van der Waals surface area contributed by atoms with Crippen molar-refractivity contribution in [2.45, 2.75) is 20.3 Å². The SMILES string of the molecule is CC(C)Cc1cc(C#N)c(Cl)cn1. The third-order valence-electron chi connectivity index (χ3n) is 1.65. The predicted octanol–water partition coefficient (Wildman–Crippen LogP) is 2.81. The monoisotopic (exact) mass is 194 g/mol. The van der Waals surface area contributed by atoms with Crippen molar-refractivity contribution in [2.75, 3.05) is 0 Å². The van der Waals surface area contributed by atoms with Crippen molar-refractivity contribution in [2.24, 2.45) is 5.92 Å². The molecule has 2 nitrogen and oxygen atoms in total. The topological polar surface area (TPSA) is 36.7 Å². The van der Waals surface area contributed by atoms with Crippen LogP contribution in [0, 0.1) is 17.2 Å². The van der Waals surface area contributed by atoms with Gasteiger partial charge in [-0.15, -0.1) is 0 Å². The summed E-state index contributed by atoms with van der Waals surface area (Å²) in [6.45, 7) is 4.23. The molecule has 0 atom stereocenters. The Morgan fingerprint density at radius 1 is 1.62 bits per heavy atom. The second kappa shape index (κ2) is 4.25. The molecular formula is C10H11ClN2. The summed E-state index contributed by atoms with van der Waals surface area (Å²) >= 11 is 5.75. The molecule has 0 amide bonds. The summed E-state index contributed by atoms with van der Waals surface area (Å²) in [7, 11) is 0. The van der Waals surface area contributed by atoms with Crippen molar-refractivity contribution in [3.63, 3.8) is 0 Å². The molecule has 1 aromatic rings. The zero-order chi connectivity index (χ0) is 9.84. The molecule has 0 bridgehead atoms. The van der Waals surface area contributed by atoms with E-state index < -0.39 is 0 Å². The minimum atomic E-state index is 0.426. The zero-order valence-electron chi connectivity index (χ0n) is 7.71. The summed E-state index contributed by atoms with van der Waals surface area (Å²) in [5, 5.41) is 9.14. The normalized spacial score (nSPS) is 10.1. The molecule has 0 spiro atoms. The van der Waals surface area contributed by atoms with Crippen LogP contribution in [0.15, 0.2) is 12.3 Å². The van der Waals surface area contributed by atoms with E-state index in [2.05, 4.69) is 18.8 Å². The number of hydrogen-bond donors (Lipinski definition) is 0. The highest BCUT2D eigenvalue weighted by Gasteiger charge is 2.03. The minimum absolute atomic E-state index is 0.426. The zero-order valence-corrected chi connectivity index (χ0v) is 8.47. The van der Waals surface area contributed by atoms with Crippen LogP contribution in [0.3, 0.4) is 0 Å². The number of rotatable bonds is 2. The molecule has 0 aliphatic rings. The third kappa shape index (κ3) is 2.71. The fraction of sp³-hybridized carbons (Fsp3) is 0.400. The Hall–Kier alpha value is -1.07. The molecule has 0 aromatic carbocycles. The molecule has 0 saturated heterocycles. The molecular weight excluding hydrogens is 184 g/mol. The Labute approximate surface area is 83.2 Å². The fourth-order valence-electron chi connectivity index (χ4n) is 1.10. The lowest BCUT2D eigenvalue weighted by molar-refractivity contribution is 0.635. The number of nitriles is 1. The van der Waals surface area contributed by atoms with Gasteiger partial charge in [0.25, 0.3) is 0 Å². The van der Waals surface area contributed by atoms with Gasteiger partial charge < -0.3 is 0 Å². The Balaban J connectivity index is 2.95. The molecule has 0 saturated carbocycles. The number of hydrogen-bond acceptors (Lipinski definition) is 2. The van der Waals surface area contributed by atoms with Gasteiger partial charge >= 0.3 is 0 Å². The summed E-state index contributed by atoms with van der Waals surface area (Å²) in [6, 6.07) is 3.79. The van der Waals surface area contributed by atoms with E-state index in [0.717, 1.165) is 12.1 Å². The van der Waals surface area contributed by atoms with Crippen molar-refractivity contribution in [3.8, 4) is 6.07 Å². The Bertz CT molecular complexity index is 339. The summed E-state index contributed by atoms with van der Waals surface area (Å²) in [5.41, 5.74) is 1.43. The van der Waals surface area contributed by atoms with Crippen molar-refractivity contribution in [1.29, 1.82) is 5.26 Å². The van der Waals surface area contributed by atoms with Crippen LogP contribution in [-0.4, -0.2) is 4.98 Å². The first-order valence-corrected chi connectivity index (χ1v) is 4.55. The lowest BCUT2D eigenvalue weighted by Gasteiger charge is -2.04. The van der Waals surface area contributed by atoms with Gasteiger partial charge in [0, 0.05) is 11.9 Å². The fourth-order valence-corrected chi connectivity index (χ4v) is 1.24. The molecule has 1 heterocycles. The van der Waals surface area contributed by atoms with E-state index >= 15 is 0 Å². The molecule has 13 heavy (non-hydrogen) atoms. The predicted molar refractivity (Wildman–Crippen MR) is 52.5 cm³/mol. The van der Waals surface area contributed by atoms with Gasteiger partial charge in [-0.1, -0.05) is 25.4 Å². The molecule has 68 valence electrons. The van der Waals surface area contributed by atoms with Gasteiger partial charge in [0.2, 0.25) is 0 Å². The molecule has 1 rings (SSSR count). The molecule has 0 aliphatic heterocycles. The lowest BCUT2D eigenvalue weighted by atomic mass is 10.1. The summed E-state index contributed by atoms with van der Waals surface area (Å²) in [5.74, 6) is 0.542. The number of aromatic nitrogens is 1. The molecule has 0 unspecified atom stereocenters. The van der Waals surface area contributed by atoms with Gasteiger partial charge in [0.1, 0.15) is 6.07 Å². The van der Waals surface area contributed by atoms with Crippen molar-refractivity contribution in [1.82, 2.24) is 4.98 Å². The van der Waals surface area contributed by atoms with E-state index in [4.69, 9.17) is 16.9 Å². The highest BCUT2D eigenvalue weighted by atomic mass is 35.5. The first-order valence-electron chi connectivity index (χ1n) is 4.18. The number of halogens is 1. The van der Waals surface area contributed by atoms with E-state index in [1.165, 1.54) is 6.20 Å². The van der Waals surface area contributed by atoms with Crippen LogP contribution < -0.4 is 0 Å². The maximum absolute atomic E-state index is 8.71. The highest BCUT2D eigenvalue weighted by Crippen LogP contribution is 2.15. The lowest BCUT2D eigenvalue weighted by Crippen LogP contribution is -1.97. The average molecular weight is 195 g/mol. The van der Waals surface area contributed by atoms with Crippen LogP contribution in [0.4, 0.5) is 0 Å². The Kier molecular flexibility index (Phi) is 3.27. The molecule has 1 aromatic heterocycles. The average Bonchev–Trinajstić information content (AvgIpc) is 2.07. The number of pyridine rings is 1. The van der Waals surface area contributed by atoms with Gasteiger partial charge in [-0.05, 0) is 18.4 Å². The van der Waals surface area contributed by atoms with Gasteiger partial charge in [-0.25, -0.2) is 0 Å². The summed E-state index contributed by atoms with van der Waals surface area (Å²) in [4.78, 5) is 4.14. The van der Waals surface area contributed by atoms with E-state index in [-0.39, 0.29) is 0 Å². The smallest absolute Gasteiger partial charge is 0.101 e. The van der Waals surface area contributed by atoms with Gasteiger partial charge in [0.15, 0.2) is 0 Å². The van der Waals surface area contributed by atoms with E-state index in [9.17, 15) is 0 Å². The van der Waals surface area contributed by atoms with E-state index in [1.54, 1.807) is 6.07 Å². The quantitative estimate of drug-likeness (QED) is 0.726. The van der Waals surface area contributed by atoms with Crippen LogP contribution in [0.2, 0.25) is 5.02 Å². The summed E-state index contributed by atoms with van der Waals surface area (Å²) in [6.07, 6.45) is 2.42. The molecule has 3 heteroatoms. The van der Waals surface area contributed by atoms with Crippen LogP contribution in [0.1, 0.15) is 25.1 Å². The second-order valence-electron chi connectivity index (χ2n) is 3.37. The molecule has 0 N–H and O–H groups in total. The van der Waals surface area contributed by atoms with Gasteiger partial charge in [-0.2, -0.15) is 5.26 Å². The van der Waals surface area contributed by atoms with E-state index in [1.807, 2.05) is 6.07 Å². The first kappa shape index (κ1) is 10.0. The Morgan fingerprint density at radius 3 is 2.85 bits per heavy atom. The third-order valence-corrected chi connectivity index (χ3v) is 1.95. The highest BCUT2D eigenvalue weighted by molar-refractivity contribution is 6.31.